The van der Waals surface area contributed by atoms with Gasteiger partial charge in [0.2, 0.25) is 11.8 Å². The highest BCUT2D eigenvalue weighted by Gasteiger charge is 2.11. The number of benzene rings is 2. The number of hydrogen-bond acceptors (Lipinski definition) is 3. The van der Waals surface area contributed by atoms with Gasteiger partial charge >= 0.3 is 0 Å². The first-order valence-electron chi connectivity index (χ1n) is 8.10. The van der Waals surface area contributed by atoms with Crippen molar-refractivity contribution < 1.29 is 14.3 Å². The normalized spacial score (nSPS) is 11.5. The smallest absolute Gasteiger partial charge is 0.223 e. The molecule has 0 aliphatic carbocycles. The van der Waals surface area contributed by atoms with Crippen molar-refractivity contribution in [2.75, 3.05) is 11.9 Å². The van der Waals surface area contributed by atoms with E-state index in [1.165, 1.54) is 6.92 Å². The molecule has 0 aliphatic heterocycles. The van der Waals surface area contributed by atoms with Gasteiger partial charge < -0.3 is 15.4 Å². The van der Waals surface area contributed by atoms with E-state index in [4.69, 9.17) is 27.9 Å². The quantitative estimate of drug-likeness (QED) is 0.720. The fraction of sp³-hybridized carbons (Fsp3) is 0.263. The maximum atomic E-state index is 12.1. The molecule has 2 aromatic rings. The minimum atomic E-state index is -0.193. The van der Waals surface area contributed by atoms with E-state index in [-0.39, 0.29) is 30.9 Å². The molecule has 0 saturated heterocycles. The van der Waals surface area contributed by atoms with E-state index in [0.29, 0.717) is 21.5 Å². The van der Waals surface area contributed by atoms with E-state index in [0.717, 1.165) is 5.56 Å². The average Bonchev–Trinajstić information content (AvgIpc) is 2.57. The molecule has 5 nitrogen and oxygen atoms in total. The fourth-order valence-corrected chi connectivity index (χ4v) is 2.60. The second-order valence-corrected chi connectivity index (χ2v) is 6.58. The number of hydrogen-bond donors (Lipinski definition) is 2. The highest BCUT2D eigenvalue weighted by Crippen LogP contribution is 2.26. The highest BCUT2D eigenvalue weighted by molar-refractivity contribution is 6.42. The van der Waals surface area contributed by atoms with Crippen molar-refractivity contribution in [1.82, 2.24) is 5.32 Å². The standard InChI is InChI=1S/C19H20Cl2N2O3/c1-12(14-4-3-5-15(10-14)23-13(2)24)22-19(25)8-9-26-16-6-7-17(20)18(21)11-16/h3-7,10-12H,8-9H2,1-2H3,(H,22,25)(H,23,24). The van der Waals surface area contributed by atoms with Crippen LogP contribution in [0.5, 0.6) is 5.75 Å². The predicted octanol–water partition coefficient (Wildman–Crippen LogP) is 4.60. The summed E-state index contributed by atoms with van der Waals surface area (Å²) in [5, 5.41) is 6.48. The molecule has 7 heteroatoms. The Balaban J connectivity index is 1.83. The number of anilines is 1. The third-order valence-electron chi connectivity index (χ3n) is 3.57. The Labute approximate surface area is 162 Å². The van der Waals surface area contributed by atoms with E-state index >= 15 is 0 Å². The maximum Gasteiger partial charge on any atom is 0.223 e. The third kappa shape index (κ3) is 6.24. The second kappa shape index (κ2) is 9.46. The number of carbonyl (C=O) groups is 2. The van der Waals surface area contributed by atoms with Gasteiger partial charge in [-0.15, -0.1) is 0 Å². The van der Waals surface area contributed by atoms with Crippen LogP contribution in [0, 0.1) is 0 Å². The van der Waals surface area contributed by atoms with E-state index in [1.54, 1.807) is 24.3 Å². The highest BCUT2D eigenvalue weighted by atomic mass is 35.5. The molecule has 0 saturated carbocycles. The lowest BCUT2D eigenvalue weighted by atomic mass is 10.1. The Morgan fingerprint density at radius 3 is 2.58 bits per heavy atom. The van der Waals surface area contributed by atoms with Gasteiger partial charge in [-0.3, -0.25) is 9.59 Å². The van der Waals surface area contributed by atoms with Gasteiger partial charge in [0.15, 0.2) is 0 Å². The molecule has 0 heterocycles. The number of amides is 2. The lowest BCUT2D eigenvalue weighted by molar-refractivity contribution is -0.122. The predicted molar refractivity (Wildman–Crippen MR) is 104 cm³/mol. The van der Waals surface area contributed by atoms with Crippen LogP contribution in [0.3, 0.4) is 0 Å². The Hall–Kier alpha value is -2.24. The summed E-state index contributed by atoms with van der Waals surface area (Å²) < 4.78 is 5.51. The maximum absolute atomic E-state index is 12.1. The van der Waals surface area contributed by atoms with Crippen molar-refractivity contribution in [1.29, 1.82) is 0 Å². The number of ether oxygens (including phenoxy) is 1. The van der Waals surface area contributed by atoms with Crippen LogP contribution in [-0.2, 0) is 9.59 Å². The van der Waals surface area contributed by atoms with E-state index < -0.39 is 0 Å². The first-order chi connectivity index (χ1) is 12.3. The van der Waals surface area contributed by atoms with Gasteiger partial charge in [-0.2, -0.15) is 0 Å². The van der Waals surface area contributed by atoms with Crippen LogP contribution in [0.25, 0.3) is 0 Å². The van der Waals surface area contributed by atoms with Crippen LogP contribution in [0.1, 0.15) is 31.9 Å². The van der Waals surface area contributed by atoms with Crippen LogP contribution in [0.4, 0.5) is 5.69 Å². The van der Waals surface area contributed by atoms with E-state index in [9.17, 15) is 9.59 Å². The molecular weight excluding hydrogens is 375 g/mol. The third-order valence-corrected chi connectivity index (χ3v) is 4.31. The van der Waals surface area contributed by atoms with E-state index in [1.807, 2.05) is 25.1 Å². The molecule has 2 aromatic carbocycles. The number of halogens is 2. The summed E-state index contributed by atoms with van der Waals surface area (Å²) in [7, 11) is 0. The monoisotopic (exact) mass is 394 g/mol. The Bertz CT molecular complexity index is 796. The topological polar surface area (TPSA) is 67.4 Å². The van der Waals surface area contributed by atoms with Crippen LogP contribution in [0.15, 0.2) is 42.5 Å². The van der Waals surface area contributed by atoms with Crippen LogP contribution in [0.2, 0.25) is 10.0 Å². The number of carbonyl (C=O) groups excluding carboxylic acids is 2. The van der Waals surface area contributed by atoms with Crippen molar-refractivity contribution in [2.45, 2.75) is 26.3 Å². The molecule has 2 N–H and O–H groups in total. The molecule has 0 aliphatic rings. The SMILES string of the molecule is CC(=O)Nc1cccc(C(C)NC(=O)CCOc2ccc(Cl)c(Cl)c2)c1. The summed E-state index contributed by atoms with van der Waals surface area (Å²) in [6, 6.07) is 12.1. The van der Waals surface area contributed by atoms with E-state index in [2.05, 4.69) is 10.6 Å². The summed E-state index contributed by atoms with van der Waals surface area (Å²) in [4.78, 5) is 23.2. The minimum Gasteiger partial charge on any atom is -0.493 e. The lowest BCUT2D eigenvalue weighted by Gasteiger charge is -2.16. The molecule has 0 spiro atoms. The van der Waals surface area contributed by atoms with Crippen molar-refractivity contribution in [2.24, 2.45) is 0 Å². The van der Waals surface area contributed by atoms with Crippen LogP contribution in [-0.4, -0.2) is 18.4 Å². The largest absolute Gasteiger partial charge is 0.493 e. The molecule has 138 valence electrons. The number of rotatable bonds is 7. The molecule has 2 rings (SSSR count). The Morgan fingerprint density at radius 1 is 1.12 bits per heavy atom. The molecule has 1 atom stereocenters. The molecule has 26 heavy (non-hydrogen) atoms. The Morgan fingerprint density at radius 2 is 1.88 bits per heavy atom. The molecule has 0 radical (unpaired) electrons. The minimum absolute atomic E-state index is 0.137. The first-order valence-corrected chi connectivity index (χ1v) is 8.85. The van der Waals surface area contributed by atoms with Crippen LogP contribution >= 0.6 is 23.2 Å². The van der Waals surface area contributed by atoms with Gasteiger partial charge in [-0.25, -0.2) is 0 Å². The average molecular weight is 395 g/mol. The Kier molecular flexibility index (Phi) is 7.30. The van der Waals surface area contributed by atoms with Gasteiger partial charge in [0.05, 0.1) is 29.1 Å². The van der Waals surface area contributed by atoms with Gasteiger partial charge in [0, 0.05) is 18.7 Å². The zero-order chi connectivity index (χ0) is 19.1. The lowest BCUT2D eigenvalue weighted by Crippen LogP contribution is -2.27. The summed E-state index contributed by atoms with van der Waals surface area (Å²) >= 11 is 11.8. The summed E-state index contributed by atoms with van der Waals surface area (Å²) in [5.41, 5.74) is 1.59. The summed E-state index contributed by atoms with van der Waals surface area (Å²) in [6.07, 6.45) is 0.204. The van der Waals surface area contributed by atoms with Crippen molar-refractivity contribution >= 4 is 40.7 Å². The zero-order valence-electron chi connectivity index (χ0n) is 14.5. The van der Waals surface area contributed by atoms with Gasteiger partial charge in [-0.1, -0.05) is 35.3 Å². The molecule has 0 bridgehead atoms. The zero-order valence-corrected chi connectivity index (χ0v) is 16.0. The first kappa shape index (κ1) is 20.1. The molecule has 2 amide bonds. The van der Waals surface area contributed by atoms with Crippen molar-refractivity contribution in [3.05, 3.63) is 58.1 Å². The van der Waals surface area contributed by atoms with Crippen molar-refractivity contribution in [3.8, 4) is 5.75 Å². The van der Waals surface area contributed by atoms with Crippen LogP contribution < -0.4 is 15.4 Å². The molecular formula is C19H20Cl2N2O3. The summed E-state index contributed by atoms with van der Waals surface area (Å²) in [5.74, 6) is 0.282. The van der Waals surface area contributed by atoms with Gasteiger partial charge in [-0.05, 0) is 36.8 Å². The molecule has 0 aromatic heterocycles. The second-order valence-electron chi connectivity index (χ2n) is 5.77. The fourth-order valence-electron chi connectivity index (χ4n) is 2.31. The number of nitrogens with one attached hydrogen (secondary N) is 2. The molecule has 0 fully saturated rings. The van der Waals surface area contributed by atoms with Crippen molar-refractivity contribution in [3.63, 3.8) is 0 Å². The molecule has 1 unspecified atom stereocenters. The van der Waals surface area contributed by atoms with Gasteiger partial charge in [0.25, 0.3) is 0 Å². The van der Waals surface area contributed by atoms with Gasteiger partial charge in [0.1, 0.15) is 5.75 Å². The summed E-state index contributed by atoms with van der Waals surface area (Å²) in [6.45, 7) is 3.55.